The minimum atomic E-state index is -0.512. The number of nitrogens with zero attached hydrogens (tertiary/aromatic N) is 1. The predicted molar refractivity (Wildman–Crippen MR) is 92.1 cm³/mol. The second-order valence-corrected chi connectivity index (χ2v) is 6.66. The number of fused-ring (bicyclic) bond motifs is 2. The lowest BCUT2D eigenvalue weighted by Gasteiger charge is -2.31. The minimum absolute atomic E-state index is 0.00589. The zero-order valence-corrected chi connectivity index (χ0v) is 13.8. The second-order valence-electron chi connectivity index (χ2n) is 6.66. The van der Waals surface area contributed by atoms with Gasteiger partial charge in [-0.1, -0.05) is 0 Å². The monoisotopic (exact) mass is 336 g/mol. The Bertz CT molecular complexity index is 1000. The lowest BCUT2D eigenvalue weighted by Crippen LogP contribution is -2.35. The molecule has 0 radical (unpaired) electrons. The molecule has 0 saturated heterocycles. The molecular formula is C19H16N2O4. The van der Waals surface area contributed by atoms with Gasteiger partial charge >= 0.3 is 0 Å². The van der Waals surface area contributed by atoms with Gasteiger partial charge in [0.25, 0.3) is 5.91 Å². The molecule has 1 N–H and O–H groups in total. The number of rotatable bonds is 2. The molecule has 1 aliphatic heterocycles. The summed E-state index contributed by atoms with van der Waals surface area (Å²) < 4.78 is 11.0. The average molecular weight is 336 g/mol. The van der Waals surface area contributed by atoms with Crippen molar-refractivity contribution in [2.75, 3.05) is 5.32 Å². The number of aromatic nitrogens is 1. The van der Waals surface area contributed by atoms with Gasteiger partial charge in [0.2, 0.25) is 0 Å². The number of carbonyl (C=O) groups is 2. The molecule has 6 nitrogen and oxygen atoms in total. The summed E-state index contributed by atoms with van der Waals surface area (Å²) in [7, 11) is 0. The van der Waals surface area contributed by atoms with E-state index in [-0.39, 0.29) is 11.7 Å². The Hall–Kier alpha value is -3.15. The first-order valence-corrected chi connectivity index (χ1v) is 7.92. The third-order valence-corrected chi connectivity index (χ3v) is 4.10. The van der Waals surface area contributed by atoms with Crippen molar-refractivity contribution in [1.29, 1.82) is 0 Å². The fraction of sp³-hybridized carbons (Fsp3) is 0.211. The SMILES string of the molecule is CC1(C)CC(=O)c2cc(NC(=O)c3ccc4ocnc4c3)ccc2O1. The highest BCUT2D eigenvalue weighted by Crippen LogP contribution is 2.34. The summed E-state index contributed by atoms with van der Waals surface area (Å²) in [5, 5.41) is 2.80. The van der Waals surface area contributed by atoms with Crippen LogP contribution in [0.25, 0.3) is 11.1 Å². The lowest BCUT2D eigenvalue weighted by atomic mass is 9.93. The van der Waals surface area contributed by atoms with Crippen LogP contribution in [0.2, 0.25) is 0 Å². The third kappa shape index (κ3) is 2.87. The van der Waals surface area contributed by atoms with Crippen LogP contribution in [0.3, 0.4) is 0 Å². The standard InChI is InChI=1S/C19H16N2O4/c1-19(2)9-15(22)13-8-12(4-6-16(13)25-19)21-18(23)11-3-5-17-14(7-11)20-10-24-17/h3-8,10H,9H2,1-2H3,(H,21,23). The van der Waals surface area contributed by atoms with Crippen molar-refractivity contribution in [3.05, 3.63) is 53.9 Å². The van der Waals surface area contributed by atoms with Crippen molar-refractivity contribution < 1.29 is 18.7 Å². The Kier molecular flexibility index (Phi) is 3.35. The van der Waals surface area contributed by atoms with E-state index in [4.69, 9.17) is 9.15 Å². The average Bonchev–Trinajstić information content (AvgIpc) is 3.02. The summed E-state index contributed by atoms with van der Waals surface area (Å²) in [5.74, 6) is 0.268. The van der Waals surface area contributed by atoms with Gasteiger partial charge in [0.15, 0.2) is 17.8 Å². The number of amides is 1. The zero-order valence-electron chi connectivity index (χ0n) is 13.8. The van der Waals surface area contributed by atoms with Crippen LogP contribution in [0.15, 0.2) is 47.2 Å². The zero-order chi connectivity index (χ0) is 17.6. The Morgan fingerprint density at radius 2 is 2.04 bits per heavy atom. The van der Waals surface area contributed by atoms with E-state index in [1.165, 1.54) is 6.39 Å². The van der Waals surface area contributed by atoms with Gasteiger partial charge in [0, 0.05) is 11.3 Å². The van der Waals surface area contributed by atoms with Crippen LogP contribution in [0.5, 0.6) is 5.75 Å². The first kappa shape index (κ1) is 15.4. The summed E-state index contributed by atoms with van der Waals surface area (Å²) in [6.45, 7) is 3.76. The fourth-order valence-electron chi connectivity index (χ4n) is 2.93. The van der Waals surface area contributed by atoms with Crippen molar-refractivity contribution in [1.82, 2.24) is 4.98 Å². The Morgan fingerprint density at radius 3 is 2.88 bits per heavy atom. The van der Waals surface area contributed by atoms with Gasteiger partial charge in [0.1, 0.15) is 16.9 Å². The molecule has 6 heteroatoms. The second kappa shape index (κ2) is 5.44. The van der Waals surface area contributed by atoms with Crippen molar-refractivity contribution in [2.45, 2.75) is 25.9 Å². The first-order valence-electron chi connectivity index (χ1n) is 7.92. The molecule has 0 spiro atoms. The molecule has 126 valence electrons. The van der Waals surface area contributed by atoms with Crippen LogP contribution < -0.4 is 10.1 Å². The largest absolute Gasteiger partial charge is 0.487 e. The normalized spacial score (nSPS) is 15.5. The number of benzene rings is 2. The topological polar surface area (TPSA) is 81.4 Å². The molecule has 1 aliphatic rings. The van der Waals surface area contributed by atoms with E-state index in [9.17, 15) is 9.59 Å². The van der Waals surface area contributed by atoms with Crippen LogP contribution in [0.1, 0.15) is 41.0 Å². The maximum atomic E-state index is 12.4. The third-order valence-electron chi connectivity index (χ3n) is 4.10. The summed E-state index contributed by atoms with van der Waals surface area (Å²) in [6, 6.07) is 10.1. The molecule has 2 aromatic carbocycles. The van der Waals surface area contributed by atoms with Crippen molar-refractivity contribution >= 4 is 28.5 Å². The number of Topliss-reactive ketones (excluding diaryl/α,β-unsaturated/α-hetero) is 1. The van der Waals surface area contributed by atoms with Gasteiger partial charge in [-0.15, -0.1) is 0 Å². The van der Waals surface area contributed by atoms with E-state index in [2.05, 4.69) is 10.3 Å². The molecule has 0 aliphatic carbocycles. The van der Waals surface area contributed by atoms with Crippen LogP contribution in [0, 0.1) is 0 Å². The highest BCUT2D eigenvalue weighted by Gasteiger charge is 2.32. The van der Waals surface area contributed by atoms with Crippen molar-refractivity contribution in [2.24, 2.45) is 0 Å². The van der Waals surface area contributed by atoms with Crippen molar-refractivity contribution in [3.8, 4) is 5.75 Å². The van der Waals surface area contributed by atoms with Crippen LogP contribution in [0.4, 0.5) is 5.69 Å². The van der Waals surface area contributed by atoms with Gasteiger partial charge in [-0.3, -0.25) is 9.59 Å². The summed E-state index contributed by atoms with van der Waals surface area (Å²) in [6.07, 6.45) is 1.64. The maximum Gasteiger partial charge on any atom is 0.255 e. The summed E-state index contributed by atoms with van der Waals surface area (Å²) >= 11 is 0. The number of hydrogen-bond donors (Lipinski definition) is 1. The molecular weight excluding hydrogens is 320 g/mol. The lowest BCUT2D eigenvalue weighted by molar-refractivity contribution is 0.0620. The number of ether oxygens (including phenoxy) is 1. The number of carbonyl (C=O) groups excluding carboxylic acids is 2. The molecule has 0 saturated carbocycles. The van der Waals surface area contributed by atoms with Crippen LogP contribution in [-0.2, 0) is 0 Å². The smallest absolute Gasteiger partial charge is 0.255 e. The van der Waals surface area contributed by atoms with E-state index >= 15 is 0 Å². The molecule has 0 atom stereocenters. The van der Waals surface area contributed by atoms with Gasteiger partial charge in [-0.2, -0.15) is 0 Å². The van der Waals surface area contributed by atoms with E-state index in [0.29, 0.717) is 40.1 Å². The van der Waals surface area contributed by atoms with E-state index in [1.54, 1.807) is 36.4 Å². The predicted octanol–water partition coefficient (Wildman–Crippen LogP) is 3.82. The van der Waals surface area contributed by atoms with Crippen LogP contribution in [-0.4, -0.2) is 22.3 Å². The van der Waals surface area contributed by atoms with Gasteiger partial charge in [-0.05, 0) is 50.2 Å². The molecule has 0 unspecified atom stereocenters. The molecule has 2 heterocycles. The number of nitrogens with one attached hydrogen (secondary N) is 1. The number of hydrogen-bond acceptors (Lipinski definition) is 5. The first-order chi connectivity index (χ1) is 11.9. The van der Waals surface area contributed by atoms with E-state index in [1.807, 2.05) is 13.8 Å². The molecule has 0 fully saturated rings. The fourth-order valence-corrected chi connectivity index (χ4v) is 2.93. The summed E-state index contributed by atoms with van der Waals surface area (Å²) in [5.41, 5.74) is 2.22. The van der Waals surface area contributed by atoms with Crippen molar-refractivity contribution in [3.63, 3.8) is 0 Å². The molecule has 25 heavy (non-hydrogen) atoms. The van der Waals surface area contributed by atoms with E-state index < -0.39 is 5.60 Å². The Balaban J connectivity index is 1.59. The molecule has 1 aromatic heterocycles. The quantitative estimate of drug-likeness (QED) is 0.769. The minimum Gasteiger partial charge on any atom is -0.487 e. The maximum absolute atomic E-state index is 12.4. The number of ketones is 1. The molecule has 1 amide bonds. The molecule has 0 bridgehead atoms. The Labute approximate surface area is 143 Å². The summed E-state index contributed by atoms with van der Waals surface area (Å²) in [4.78, 5) is 28.8. The van der Waals surface area contributed by atoms with Gasteiger partial charge in [-0.25, -0.2) is 4.98 Å². The molecule has 4 rings (SSSR count). The highest BCUT2D eigenvalue weighted by atomic mass is 16.5. The van der Waals surface area contributed by atoms with Gasteiger partial charge < -0.3 is 14.5 Å². The molecule has 3 aromatic rings. The van der Waals surface area contributed by atoms with Gasteiger partial charge in [0.05, 0.1) is 12.0 Å². The van der Waals surface area contributed by atoms with E-state index in [0.717, 1.165) is 0 Å². The van der Waals surface area contributed by atoms with Crippen LogP contribution >= 0.6 is 0 Å². The Morgan fingerprint density at radius 1 is 1.20 bits per heavy atom. The number of anilines is 1. The number of oxazole rings is 1. The highest BCUT2D eigenvalue weighted by molar-refractivity contribution is 6.07.